The molecule has 2 N–H and O–H groups in total. The van der Waals surface area contributed by atoms with Crippen LogP contribution in [0.4, 0.5) is 10.5 Å². The Labute approximate surface area is 212 Å². The van der Waals surface area contributed by atoms with Crippen molar-refractivity contribution in [3.63, 3.8) is 0 Å². The second-order valence-corrected chi connectivity index (χ2v) is 11.3. The third-order valence-electron chi connectivity index (χ3n) is 6.60. The van der Waals surface area contributed by atoms with E-state index in [9.17, 15) is 14.4 Å². The quantitative estimate of drug-likeness (QED) is 0.606. The van der Waals surface area contributed by atoms with Gasteiger partial charge in [-0.2, -0.15) is 0 Å². The fourth-order valence-corrected chi connectivity index (χ4v) is 4.78. The molecule has 0 aromatic heterocycles. The number of nitrogens with zero attached hydrogens (tertiary/aromatic N) is 1. The molecular formula is C28H35N3O5. The van der Waals surface area contributed by atoms with Crippen molar-refractivity contribution < 1.29 is 23.9 Å². The van der Waals surface area contributed by atoms with Gasteiger partial charge in [0.15, 0.2) is 0 Å². The minimum absolute atomic E-state index is 0.0203. The molecule has 2 heterocycles. The predicted molar refractivity (Wildman–Crippen MR) is 137 cm³/mol. The average Bonchev–Trinajstić information content (AvgIpc) is 2.77. The Morgan fingerprint density at radius 2 is 1.78 bits per heavy atom. The van der Waals surface area contributed by atoms with E-state index in [0.717, 1.165) is 23.2 Å². The number of hydrogen-bond acceptors (Lipinski definition) is 6. The lowest BCUT2D eigenvalue weighted by Crippen LogP contribution is -2.61. The van der Waals surface area contributed by atoms with Gasteiger partial charge in [0.05, 0.1) is 24.8 Å². The lowest BCUT2D eigenvalue weighted by atomic mass is 9.72. The van der Waals surface area contributed by atoms with Crippen LogP contribution in [0.1, 0.15) is 72.5 Å². The van der Waals surface area contributed by atoms with Crippen LogP contribution in [0, 0.1) is 5.41 Å². The highest BCUT2D eigenvalue weighted by atomic mass is 16.6. The lowest BCUT2D eigenvalue weighted by Gasteiger charge is -2.41. The zero-order valence-electron chi connectivity index (χ0n) is 21.8. The number of carbonyl (C=O) groups is 3. The first kappa shape index (κ1) is 25.5. The molecule has 2 aromatic carbocycles. The van der Waals surface area contributed by atoms with Crippen LogP contribution in [0.2, 0.25) is 0 Å². The van der Waals surface area contributed by atoms with Crippen molar-refractivity contribution in [3.8, 4) is 0 Å². The summed E-state index contributed by atoms with van der Waals surface area (Å²) in [6.45, 7) is 10.7. The monoisotopic (exact) mass is 493 g/mol. The Morgan fingerprint density at radius 1 is 1.06 bits per heavy atom. The third kappa shape index (κ3) is 5.48. The Hall–Kier alpha value is -3.55. The molecule has 2 aromatic rings. The van der Waals surface area contributed by atoms with Gasteiger partial charge in [0.1, 0.15) is 5.60 Å². The van der Waals surface area contributed by atoms with Crippen LogP contribution < -0.4 is 10.6 Å². The number of rotatable bonds is 4. The zero-order chi connectivity index (χ0) is 26.3. The second kappa shape index (κ2) is 9.48. The smallest absolute Gasteiger partial charge is 0.410 e. The van der Waals surface area contributed by atoms with Crippen molar-refractivity contribution >= 4 is 23.7 Å². The number of likely N-dealkylation sites (tertiary alicyclic amines) is 1. The van der Waals surface area contributed by atoms with Gasteiger partial charge >= 0.3 is 12.1 Å². The van der Waals surface area contributed by atoms with Crippen LogP contribution in [0.15, 0.2) is 42.5 Å². The summed E-state index contributed by atoms with van der Waals surface area (Å²) < 4.78 is 10.2. The highest BCUT2D eigenvalue weighted by molar-refractivity contribution is 5.95. The van der Waals surface area contributed by atoms with Gasteiger partial charge < -0.3 is 25.0 Å². The highest BCUT2D eigenvalue weighted by Crippen LogP contribution is 2.45. The first-order valence-corrected chi connectivity index (χ1v) is 12.2. The average molecular weight is 494 g/mol. The number of ether oxygens (including phenoxy) is 2. The van der Waals surface area contributed by atoms with Gasteiger partial charge in [-0.15, -0.1) is 0 Å². The predicted octanol–water partition coefficient (Wildman–Crippen LogP) is 4.56. The summed E-state index contributed by atoms with van der Waals surface area (Å²) in [6.07, 6.45) is 0.406. The third-order valence-corrected chi connectivity index (χ3v) is 6.60. The van der Waals surface area contributed by atoms with E-state index in [1.54, 1.807) is 17.0 Å². The maximum absolute atomic E-state index is 13.0. The minimum atomic E-state index is -0.545. The fraction of sp³-hybridized carbons (Fsp3) is 0.464. The molecule has 1 unspecified atom stereocenters. The maximum Gasteiger partial charge on any atom is 0.410 e. The Bertz CT molecular complexity index is 1180. The minimum Gasteiger partial charge on any atom is -0.465 e. The second-order valence-electron chi connectivity index (χ2n) is 11.3. The van der Waals surface area contributed by atoms with Crippen LogP contribution in [0.25, 0.3) is 0 Å². The van der Waals surface area contributed by atoms with Crippen LogP contribution in [0.5, 0.6) is 0 Å². The molecule has 0 spiro atoms. The van der Waals surface area contributed by atoms with Crippen molar-refractivity contribution in [2.75, 3.05) is 25.5 Å². The van der Waals surface area contributed by atoms with Gasteiger partial charge in [0.25, 0.3) is 5.91 Å². The summed E-state index contributed by atoms with van der Waals surface area (Å²) in [5.41, 5.74) is 3.45. The molecule has 2 aliphatic rings. The molecule has 0 bridgehead atoms. The van der Waals surface area contributed by atoms with Gasteiger partial charge in [-0.05, 0) is 74.1 Å². The van der Waals surface area contributed by atoms with Crippen molar-refractivity contribution in [1.29, 1.82) is 0 Å². The number of nitrogens with one attached hydrogen (secondary N) is 2. The van der Waals surface area contributed by atoms with E-state index in [1.165, 1.54) is 7.11 Å². The van der Waals surface area contributed by atoms with E-state index in [2.05, 4.69) is 24.5 Å². The van der Waals surface area contributed by atoms with Crippen LogP contribution in [0.3, 0.4) is 0 Å². The summed E-state index contributed by atoms with van der Waals surface area (Å²) in [5, 5.41) is 6.63. The standard InChI is InChI=1S/C28H35N3O5/c1-27(2,3)36-26(34)31-15-21(16-31)29-24(32)18-9-7-8-17(12-18)23-28(4,5)14-20-13-19(25(33)35-6)10-11-22(20)30-23/h7-13,21,23,30H,14-16H2,1-6H3,(H,29,32). The number of fused-ring (bicyclic) bond motifs is 1. The molecule has 1 atom stereocenters. The van der Waals surface area contributed by atoms with Gasteiger partial charge in [-0.1, -0.05) is 26.0 Å². The van der Waals surface area contributed by atoms with Gasteiger partial charge in [-0.25, -0.2) is 9.59 Å². The van der Waals surface area contributed by atoms with E-state index in [0.29, 0.717) is 24.2 Å². The molecule has 2 amide bonds. The van der Waals surface area contributed by atoms with E-state index < -0.39 is 5.60 Å². The molecule has 2 aliphatic heterocycles. The first-order valence-electron chi connectivity index (χ1n) is 12.2. The van der Waals surface area contributed by atoms with E-state index in [1.807, 2.05) is 51.1 Å². The SMILES string of the molecule is COC(=O)c1ccc2c(c1)CC(C)(C)C(c1cccc(C(=O)NC3CN(C(=O)OC(C)(C)C)C3)c1)N2. The molecule has 8 heteroatoms. The van der Waals surface area contributed by atoms with Crippen molar-refractivity contribution in [3.05, 3.63) is 64.7 Å². The van der Waals surface area contributed by atoms with Gasteiger partial charge in [0.2, 0.25) is 0 Å². The van der Waals surface area contributed by atoms with E-state index in [-0.39, 0.29) is 35.5 Å². The maximum atomic E-state index is 13.0. The lowest BCUT2D eigenvalue weighted by molar-refractivity contribution is 0.00532. The van der Waals surface area contributed by atoms with Crippen molar-refractivity contribution in [2.24, 2.45) is 5.41 Å². The largest absolute Gasteiger partial charge is 0.465 e. The summed E-state index contributed by atoms with van der Waals surface area (Å²) in [6, 6.07) is 13.1. The van der Waals surface area contributed by atoms with Crippen LogP contribution >= 0.6 is 0 Å². The number of carbonyl (C=O) groups excluding carboxylic acids is 3. The molecule has 0 radical (unpaired) electrons. The zero-order valence-corrected chi connectivity index (χ0v) is 21.8. The number of methoxy groups -OCH3 is 1. The summed E-state index contributed by atoms with van der Waals surface area (Å²) in [4.78, 5) is 38.6. The Kier molecular flexibility index (Phi) is 6.73. The molecule has 4 rings (SSSR count). The number of esters is 1. The highest BCUT2D eigenvalue weighted by Gasteiger charge is 2.37. The molecule has 192 valence electrons. The summed E-state index contributed by atoms with van der Waals surface area (Å²) in [7, 11) is 1.38. The van der Waals surface area contributed by atoms with Gasteiger partial charge in [-0.3, -0.25) is 4.79 Å². The summed E-state index contributed by atoms with van der Waals surface area (Å²) >= 11 is 0. The van der Waals surface area contributed by atoms with Crippen LogP contribution in [-0.2, 0) is 15.9 Å². The van der Waals surface area contributed by atoms with Crippen LogP contribution in [-0.4, -0.2) is 54.7 Å². The molecule has 1 saturated heterocycles. The Morgan fingerprint density at radius 3 is 2.44 bits per heavy atom. The number of benzene rings is 2. The fourth-order valence-electron chi connectivity index (χ4n) is 4.78. The van der Waals surface area contributed by atoms with Crippen molar-refractivity contribution in [2.45, 2.75) is 58.7 Å². The normalized spacial score (nSPS) is 18.8. The molecule has 8 nitrogen and oxygen atoms in total. The van der Waals surface area contributed by atoms with Crippen molar-refractivity contribution in [1.82, 2.24) is 10.2 Å². The topological polar surface area (TPSA) is 97.0 Å². The Balaban J connectivity index is 1.43. The van der Waals surface area contributed by atoms with E-state index in [4.69, 9.17) is 9.47 Å². The molecule has 1 fully saturated rings. The number of anilines is 1. The molecule has 36 heavy (non-hydrogen) atoms. The molecule has 0 aliphatic carbocycles. The molecular weight excluding hydrogens is 458 g/mol. The van der Waals surface area contributed by atoms with E-state index >= 15 is 0 Å². The van der Waals surface area contributed by atoms with Gasteiger partial charge in [0, 0.05) is 24.3 Å². The number of amides is 2. The summed E-state index contributed by atoms with van der Waals surface area (Å²) in [5.74, 6) is -0.514. The molecule has 0 saturated carbocycles. The number of hydrogen-bond donors (Lipinski definition) is 2. The first-order chi connectivity index (χ1) is 16.9.